The topological polar surface area (TPSA) is 127 Å². The van der Waals surface area contributed by atoms with Crippen LogP contribution in [0.4, 0.5) is 4.79 Å². The van der Waals surface area contributed by atoms with Gasteiger partial charge in [0, 0.05) is 32.5 Å². The number of ether oxygens (including phenoxy) is 3. The molecule has 4 atom stereocenters. The molecule has 11 nitrogen and oxygen atoms in total. The number of carbonyl (C=O) groups is 4. The molecule has 2 bridgehead atoms. The van der Waals surface area contributed by atoms with Crippen LogP contribution in [0.3, 0.4) is 0 Å². The summed E-state index contributed by atoms with van der Waals surface area (Å²) in [6, 6.07) is 5.78. The fraction of sp³-hybridized carbons (Fsp3) is 0.677. The molecule has 3 aliphatic rings. The number of nitrogens with one attached hydrogen (secondary N) is 2. The number of hydrogen-bond acceptors (Lipinski definition) is 7. The van der Waals surface area contributed by atoms with Gasteiger partial charge in [-0.15, -0.1) is 0 Å². The van der Waals surface area contributed by atoms with Gasteiger partial charge in [-0.1, -0.05) is 32.9 Å². The molecular formula is C31H46N4O7. The van der Waals surface area contributed by atoms with Crippen LogP contribution in [0, 0.1) is 5.41 Å². The molecule has 0 unspecified atom stereocenters. The lowest BCUT2D eigenvalue weighted by Gasteiger charge is -2.42. The van der Waals surface area contributed by atoms with Crippen LogP contribution in [0.2, 0.25) is 0 Å². The number of fused-ring (bicyclic) bond motifs is 4. The van der Waals surface area contributed by atoms with Crippen molar-refractivity contribution in [2.75, 3.05) is 32.8 Å². The van der Waals surface area contributed by atoms with Gasteiger partial charge in [-0.25, -0.2) is 4.79 Å². The zero-order valence-corrected chi connectivity index (χ0v) is 25.7. The zero-order chi connectivity index (χ0) is 30.7. The highest BCUT2D eigenvalue weighted by Crippen LogP contribution is 2.27. The zero-order valence-electron chi connectivity index (χ0n) is 25.7. The van der Waals surface area contributed by atoms with Crippen LogP contribution in [0.1, 0.15) is 77.6 Å². The second-order valence-electron chi connectivity index (χ2n) is 13.6. The number of carbonyl (C=O) groups excluding carboxylic acids is 4. The predicted octanol–water partition coefficient (Wildman–Crippen LogP) is 3.12. The Morgan fingerprint density at radius 2 is 1.79 bits per heavy atom. The van der Waals surface area contributed by atoms with E-state index in [1.54, 1.807) is 45.0 Å². The molecule has 0 saturated carbocycles. The Kier molecular flexibility index (Phi) is 9.70. The first-order valence-corrected chi connectivity index (χ1v) is 14.9. The third-order valence-corrected chi connectivity index (χ3v) is 7.54. The fourth-order valence-electron chi connectivity index (χ4n) is 5.55. The summed E-state index contributed by atoms with van der Waals surface area (Å²) in [4.78, 5) is 56.2. The molecule has 1 aromatic carbocycles. The summed E-state index contributed by atoms with van der Waals surface area (Å²) in [6.07, 6.45) is 1.30. The molecule has 232 valence electrons. The van der Waals surface area contributed by atoms with Crippen LogP contribution in [0.5, 0.6) is 5.75 Å². The molecule has 0 aliphatic carbocycles. The summed E-state index contributed by atoms with van der Waals surface area (Å²) in [6.45, 7) is 12.2. The van der Waals surface area contributed by atoms with Crippen molar-refractivity contribution in [3.05, 3.63) is 29.8 Å². The van der Waals surface area contributed by atoms with E-state index in [4.69, 9.17) is 14.2 Å². The molecule has 11 heteroatoms. The first-order chi connectivity index (χ1) is 19.7. The largest absolute Gasteiger partial charge is 0.493 e. The first-order valence-electron chi connectivity index (χ1n) is 14.9. The maximum absolute atomic E-state index is 13.8. The Morgan fingerprint density at radius 1 is 1.05 bits per heavy atom. The molecule has 1 aromatic rings. The maximum atomic E-state index is 13.8. The number of hydrogen-bond donors (Lipinski definition) is 2. The highest BCUT2D eigenvalue weighted by molar-refractivity contribution is 6.00. The minimum absolute atomic E-state index is 0.0184. The summed E-state index contributed by atoms with van der Waals surface area (Å²) < 4.78 is 18.0. The molecule has 4 rings (SSSR count). The van der Waals surface area contributed by atoms with E-state index in [-0.39, 0.29) is 55.6 Å². The van der Waals surface area contributed by atoms with Crippen molar-refractivity contribution in [3.63, 3.8) is 0 Å². The Balaban J connectivity index is 1.59. The summed E-state index contributed by atoms with van der Waals surface area (Å²) in [5.74, 6) is -0.363. The molecular weight excluding hydrogens is 540 g/mol. The first kappa shape index (κ1) is 31.6. The van der Waals surface area contributed by atoms with Crippen molar-refractivity contribution < 1.29 is 33.4 Å². The van der Waals surface area contributed by atoms with Crippen LogP contribution in [0.15, 0.2) is 24.3 Å². The van der Waals surface area contributed by atoms with Crippen LogP contribution < -0.4 is 15.4 Å². The van der Waals surface area contributed by atoms with Crippen LogP contribution >= 0.6 is 0 Å². The van der Waals surface area contributed by atoms with E-state index in [1.807, 2.05) is 20.8 Å². The van der Waals surface area contributed by atoms with Crippen molar-refractivity contribution in [2.24, 2.45) is 5.41 Å². The number of para-hydroxylation sites is 1. The number of benzene rings is 1. The number of piperazine rings is 1. The second kappa shape index (κ2) is 12.9. The van der Waals surface area contributed by atoms with Gasteiger partial charge in [0.2, 0.25) is 11.8 Å². The van der Waals surface area contributed by atoms with Gasteiger partial charge < -0.3 is 34.6 Å². The van der Waals surface area contributed by atoms with Gasteiger partial charge in [-0.2, -0.15) is 0 Å². The van der Waals surface area contributed by atoms with Crippen molar-refractivity contribution in [1.82, 2.24) is 20.4 Å². The predicted molar refractivity (Wildman–Crippen MR) is 156 cm³/mol. The lowest BCUT2D eigenvalue weighted by atomic mass is 9.91. The standard InChI is InChI=1S/C31H46N4O7/c1-30(2,3)17-26(36)33-22-12-11-20-13-16-40-24-10-8-7-9-21(24)28(38)35-15-14-34(29(39)42-31(4,5)6)19-23(35)27(37)32-18-25(22)41-20/h7-10,20,22-23,25H,11-19H2,1-6H3,(H,32,37)(H,33,36)/t20-,22+,23-,25+/m0/s1. The molecule has 3 heterocycles. The van der Waals surface area contributed by atoms with Crippen LogP contribution in [-0.4, -0.2) is 96.3 Å². The van der Waals surface area contributed by atoms with Crippen molar-refractivity contribution in [1.29, 1.82) is 0 Å². The lowest BCUT2D eigenvalue weighted by Crippen LogP contribution is -2.63. The van der Waals surface area contributed by atoms with E-state index in [2.05, 4.69) is 10.6 Å². The van der Waals surface area contributed by atoms with Crippen LogP contribution in [-0.2, 0) is 19.1 Å². The van der Waals surface area contributed by atoms with E-state index in [0.29, 0.717) is 37.2 Å². The number of nitrogens with zero attached hydrogens (tertiary/aromatic N) is 2. The molecule has 4 amide bonds. The molecule has 3 aliphatic heterocycles. The van der Waals surface area contributed by atoms with Gasteiger partial charge in [0.15, 0.2) is 0 Å². The van der Waals surface area contributed by atoms with Crippen molar-refractivity contribution >= 4 is 23.8 Å². The Labute approximate surface area is 248 Å². The van der Waals surface area contributed by atoms with Gasteiger partial charge in [0.05, 0.1) is 37.0 Å². The highest BCUT2D eigenvalue weighted by atomic mass is 16.6. The normalized spacial score (nSPS) is 25.7. The smallest absolute Gasteiger partial charge is 0.410 e. The average molecular weight is 587 g/mol. The van der Waals surface area contributed by atoms with Crippen LogP contribution in [0.25, 0.3) is 0 Å². The van der Waals surface area contributed by atoms with Crippen molar-refractivity contribution in [2.45, 2.75) is 97.1 Å². The van der Waals surface area contributed by atoms with Crippen molar-refractivity contribution in [3.8, 4) is 5.75 Å². The third-order valence-electron chi connectivity index (χ3n) is 7.54. The minimum atomic E-state index is -0.955. The lowest BCUT2D eigenvalue weighted by molar-refractivity contribution is -0.131. The summed E-state index contributed by atoms with van der Waals surface area (Å²) in [5, 5.41) is 6.10. The van der Waals surface area contributed by atoms with E-state index in [9.17, 15) is 19.2 Å². The SMILES string of the molecule is CC(C)(C)CC(=O)N[C@@H]1CC[C@H]2CCOc3ccccc3C(=O)N3CCN(C(=O)OC(C)(C)C)C[C@H]3C(=O)NC[C@H]1O2. The van der Waals surface area contributed by atoms with E-state index in [1.165, 1.54) is 9.80 Å². The van der Waals surface area contributed by atoms with Gasteiger partial charge in [-0.05, 0) is 51.2 Å². The average Bonchev–Trinajstić information content (AvgIpc) is 2.90. The van der Waals surface area contributed by atoms with Gasteiger partial charge >= 0.3 is 6.09 Å². The summed E-state index contributed by atoms with van der Waals surface area (Å²) in [5.41, 5.74) is -0.501. The number of rotatable bonds is 2. The molecule has 0 radical (unpaired) electrons. The maximum Gasteiger partial charge on any atom is 0.410 e. The summed E-state index contributed by atoms with van der Waals surface area (Å²) in [7, 11) is 0. The molecule has 2 N–H and O–H groups in total. The Morgan fingerprint density at radius 3 is 2.50 bits per heavy atom. The molecule has 42 heavy (non-hydrogen) atoms. The van der Waals surface area contributed by atoms with E-state index < -0.39 is 29.7 Å². The van der Waals surface area contributed by atoms with E-state index in [0.717, 1.165) is 6.42 Å². The molecule has 0 aromatic heterocycles. The Hall–Kier alpha value is -3.34. The third kappa shape index (κ3) is 8.36. The van der Waals surface area contributed by atoms with Gasteiger partial charge in [-0.3, -0.25) is 14.4 Å². The fourth-order valence-corrected chi connectivity index (χ4v) is 5.55. The second-order valence-corrected chi connectivity index (χ2v) is 13.6. The quantitative estimate of drug-likeness (QED) is 0.545. The molecule has 2 fully saturated rings. The number of amides is 4. The summed E-state index contributed by atoms with van der Waals surface area (Å²) >= 11 is 0. The van der Waals surface area contributed by atoms with Gasteiger partial charge in [0.25, 0.3) is 5.91 Å². The minimum Gasteiger partial charge on any atom is -0.493 e. The molecule has 2 saturated heterocycles. The molecule has 0 spiro atoms. The Bertz CT molecular complexity index is 1160. The highest BCUT2D eigenvalue weighted by Gasteiger charge is 2.40. The van der Waals surface area contributed by atoms with Gasteiger partial charge in [0.1, 0.15) is 17.4 Å². The van der Waals surface area contributed by atoms with E-state index >= 15 is 0 Å². The monoisotopic (exact) mass is 586 g/mol.